The minimum absolute atomic E-state index is 0.0296. The van der Waals surface area contributed by atoms with E-state index in [-0.39, 0.29) is 5.91 Å². The molecule has 0 spiro atoms. The Morgan fingerprint density at radius 3 is 2.20 bits per heavy atom. The Morgan fingerprint density at radius 1 is 0.775 bits per heavy atom. The Bertz CT molecular complexity index is 1460. The Kier molecular flexibility index (Phi) is 9.46. The fourth-order valence-electron chi connectivity index (χ4n) is 5.34. The van der Waals surface area contributed by atoms with Crippen LogP contribution in [-0.4, -0.2) is 25.7 Å². The predicted molar refractivity (Wildman–Crippen MR) is 159 cm³/mol. The van der Waals surface area contributed by atoms with Gasteiger partial charge >= 0.3 is 0 Å². The first-order valence-electron chi connectivity index (χ1n) is 14.6. The summed E-state index contributed by atoms with van der Waals surface area (Å²) in [5.74, 6) is 0.328. The lowest BCUT2D eigenvalue weighted by Gasteiger charge is -2.20. The molecule has 7 nitrogen and oxygen atoms in total. The molecule has 2 aromatic heterocycles. The molecule has 0 aliphatic heterocycles. The second kappa shape index (κ2) is 13.8. The van der Waals surface area contributed by atoms with Crippen LogP contribution in [0.5, 0.6) is 0 Å². The van der Waals surface area contributed by atoms with Crippen molar-refractivity contribution in [2.75, 3.05) is 5.32 Å². The quantitative estimate of drug-likeness (QED) is 0.186. The monoisotopic (exact) mass is 534 g/mol. The number of nitrogens with one attached hydrogen (secondary N) is 2. The van der Waals surface area contributed by atoms with Gasteiger partial charge in [0.15, 0.2) is 0 Å². The summed E-state index contributed by atoms with van der Waals surface area (Å²) in [6, 6.07) is 20.5. The number of carbonyl (C=O) groups is 1. The molecule has 206 valence electrons. The zero-order valence-electron chi connectivity index (χ0n) is 23.1. The predicted octanol–water partition coefficient (Wildman–Crippen LogP) is 6.73. The molecule has 0 saturated heterocycles. The maximum Gasteiger partial charge on any atom is 0.229 e. The minimum Gasteiger partial charge on any atom is -0.295 e. The number of nitrogens with zero attached hydrogens (tertiary/aromatic N) is 4. The number of benzene rings is 2. The summed E-state index contributed by atoms with van der Waals surface area (Å²) >= 11 is 0. The average molecular weight is 535 g/mol. The molecular weight excluding hydrogens is 496 g/mol. The molecule has 1 aliphatic rings. The highest BCUT2D eigenvalue weighted by Crippen LogP contribution is 2.30. The normalized spacial score (nSPS) is 12.0. The average Bonchev–Trinajstić information content (AvgIpc) is 2.99. The summed E-state index contributed by atoms with van der Waals surface area (Å²) < 4.78 is 1.87. The van der Waals surface area contributed by atoms with Gasteiger partial charge in [-0.1, -0.05) is 93.1 Å². The fourth-order valence-corrected chi connectivity index (χ4v) is 5.34. The smallest absolute Gasteiger partial charge is 0.229 e. The zero-order chi connectivity index (χ0) is 27.6. The van der Waals surface area contributed by atoms with E-state index in [0.717, 1.165) is 68.3 Å². The van der Waals surface area contributed by atoms with E-state index in [1.54, 1.807) is 12.4 Å². The van der Waals surface area contributed by atoms with Crippen LogP contribution in [0.15, 0.2) is 73.1 Å². The highest BCUT2D eigenvalue weighted by molar-refractivity contribution is 5.88. The molecule has 5 rings (SSSR count). The van der Waals surface area contributed by atoms with Crippen LogP contribution < -0.4 is 10.8 Å². The summed E-state index contributed by atoms with van der Waals surface area (Å²) in [6.45, 7) is 0.794. The molecule has 40 heavy (non-hydrogen) atoms. The number of fused-ring (bicyclic) bond motifs is 3. The van der Waals surface area contributed by atoms with E-state index in [1.807, 2.05) is 41.1 Å². The van der Waals surface area contributed by atoms with Crippen molar-refractivity contribution in [1.29, 1.82) is 5.41 Å². The summed E-state index contributed by atoms with van der Waals surface area (Å²) in [7, 11) is 0. The van der Waals surface area contributed by atoms with Crippen LogP contribution in [0.25, 0.3) is 22.4 Å². The lowest BCUT2D eigenvalue weighted by atomic mass is 9.89. The summed E-state index contributed by atoms with van der Waals surface area (Å²) in [6.07, 6.45) is 14.8. The van der Waals surface area contributed by atoms with E-state index in [0.29, 0.717) is 17.9 Å². The molecule has 0 atom stereocenters. The molecule has 0 bridgehead atoms. The zero-order valence-corrected chi connectivity index (χ0v) is 23.1. The van der Waals surface area contributed by atoms with Crippen LogP contribution in [-0.2, 0) is 24.2 Å². The molecule has 0 unspecified atom stereocenters. The molecule has 1 amide bonds. The van der Waals surface area contributed by atoms with Crippen molar-refractivity contribution in [3.05, 3.63) is 89.7 Å². The van der Waals surface area contributed by atoms with Crippen molar-refractivity contribution in [1.82, 2.24) is 19.7 Å². The van der Waals surface area contributed by atoms with E-state index in [9.17, 15) is 4.79 Å². The molecular formula is C33H38N6O. The molecule has 2 aromatic carbocycles. The van der Waals surface area contributed by atoms with Crippen LogP contribution in [0, 0.1) is 5.41 Å². The van der Waals surface area contributed by atoms with Gasteiger partial charge in [-0.2, -0.15) is 5.10 Å². The van der Waals surface area contributed by atoms with Gasteiger partial charge < -0.3 is 0 Å². The second-order valence-electron chi connectivity index (χ2n) is 10.6. The Morgan fingerprint density at radius 2 is 1.43 bits per heavy atom. The molecule has 2 N–H and O–H groups in total. The van der Waals surface area contributed by atoms with Gasteiger partial charge in [0.1, 0.15) is 5.49 Å². The third-order valence-electron chi connectivity index (χ3n) is 7.58. The van der Waals surface area contributed by atoms with E-state index < -0.39 is 0 Å². The number of hydrogen-bond donors (Lipinski definition) is 2. The third-order valence-corrected chi connectivity index (χ3v) is 7.58. The number of unbranched alkanes of at least 4 members (excludes halogenated alkanes) is 7. The van der Waals surface area contributed by atoms with Crippen molar-refractivity contribution in [2.45, 2.75) is 77.2 Å². The lowest BCUT2D eigenvalue weighted by Crippen LogP contribution is -2.25. The number of anilines is 1. The summed E-state index contributed by atoms with van der Waals surface area (Å²) in [4.78, 5) is 20.8. The van der Waals surface area contributed by atoms with E-state index in [4.69, 9.17) is 10.5 Å². The van der Waals surface area contributed by atoms with Crippen LogP contribution in [0.4, 0.5) is 5.95 Å². The van der Waals surface area contributed by atoms with Gasteiger partial charge in [0, 0.05) is 36.5 Å². The Balaban J connectivity index is 0.932. The maximum atomic E-state index is 12.2. The number of aryl methyl sites for hydroxylation is 3. The molecule has 4 aromatic rings. The Labute approximate surface area is 236 Å². The largest absolute Gasteiger partial charge is 0.295 e. The topological polar surface area (TPSA) is 96.5 Å². The first-order valence-corrected chi connectivity index (χ1v) is 14.6. The highest BCUT2D eigenvalue weighted by Gasteiger charge is 2.18. The molecule has 7 heteroatoms. The van der Waals surface area contributed by atoms with Gasteiger partial charge in [0.25, 0.3) is 0 Å². The van der Waals surface area contributed by atoms with Crippen LogP contribution >= 0.6 is 0 Å². The summed E-state index contributed by atoms with van der Waals surface area (Å²) in [5, 5.41) is 16.1. The SMILES string of the molecule is N=c1cc2c(nn1CCCCCCCCCCC(=O)Nc1ncc(-c3ccccc3)cn1)-c1ccccc1CC2. The Hall–Kier alpha value is -4.13. The minimum atomic E-state index is -0.0296. The number of amides is 1. The standard InChI is InChI=1S/C33H38N6O/c34-30-22-27-20-19-26-16-11-12-17-29(26)32(27)38-39(30)21-13-6-4-2-1-3-5-10-18-31(40)37-33-35-23-28(24-36-33)25-14-8-7-9-15-25/h7-9,11-12,14-17,22-24,34H,1-6,10,13,18-21H2,(H,35,36,37,40). The van der Waals surface area contributed by atoms with Crippen molar-refractivity contribution in [3.63, 3.8) is 0 Å². The van der Waals surface area contributed by atoms with E-state index in [1.165, 1.54) is 36.0 Å². The number of aromatic nitrogens is 4. The van der Waals surface area contributed by atoms with Crippen LogP contribution in [0.1, 0.15) is 68.9 Å². The van der Waals surface area contributed by atoms with E-state index >= 15 is 0 Å². The molecule has 2 heterocycles. The van der Waals surface area contributed by atoms with Gasteiger partial charge in [-0.25, -0.2) is 14.6 Å². The maximum absolute atomic E-state index is 12.2. The van der Waals surface area contributed by atoms with Gasteiger partial charge in [0.2, 0.25) is 11.9 Å². The molecule has 0 fully saturated rings. The van der Waals surface area contributed by atoms with Crippen LogP contribution in [0.3, 0.4) is 0 Å². The third kappa shape index (κ3) is 7.29. The number of hydrogen-bond acceptors (Lipinski definition) is 5. The van der Waals surface area contributed by atoms with Crippen molar-refractivity contribution < 1.29 is 4.79 Å². The number of rotatable bonds is 13. The van der Waals surface area contributed by atoms with Gasteiger partial charge in [0.05, 0.1) is 5.69 Å². The summed E-state index contributed by atoms with van der Waals surface area (Å²) in [5.41, 5.74) is 7.33. The molecule has 0 radical (unpaired) electrons. The van der Waals surface area contributed by atoms with Crippen molar-refractivity contribution in [2.24, 2.45) is 0 Å². The van der Waals surface area contributed by atoms with Gasteiger partial charge in [-0.3, -0.25) is 15.5 Å². The van der Waals surface area contributed by atoms with E-state index in [2.05, 4.69) is 39.6 Å². The number of carbonyl (C=O) groups excluding carboxylic acids is 1. The van der Waals surface area contributed by atoms with Crippen molar-refractivity contribution in [3.8, 4) is 22.4 Å². The second-order valence-corrected chi connectivity index (χ2v) is 10.6. The van der Waals surface area contributed by atoms with Crippen molar-refractivity contribution >= 4 is 11.9 Å². The molecule has 0 saturated carbocycles. The van der Waals surface area contributed by atoms with Gasteiger partial charge in [-0.05, 0) is 48.4 Å². The first-order chi connectivity index (χ1) is 19.7. The van der Waals surface area contributed by atoms with Gasteiger partial charge in [-0.15, -0.1) is 0 Å². The lowest BCUT2D eigenvalue weighted by molar-refractivity contribution is -0.116. The fraction of sp³-hybridized carbons (Fsp3) is 0.364. The highest BCUT2D eigenvalue weighted by atomic mass is 16.1. The molecule has 1 aliphatic carbocycles. The first kappa shape index (κ1) is 27.4. The van der Waals surface area contributed by atoms with Crippen LogP contribution in [0.2, 0.25) is 0 Å².